The summed E-state index contributed by atoms with van der Waals surface area (Å²) < 4.78 is 11.3. The first kappa shape index (κ1) is 25.4. The number of halogens is 1. The number of aliphatic imine (C=N–C) groups is 1. The highest BCUT2D eigenvalue weighted by Crippen LogP contribution is 2.11. The lowest BCUT2D eigenvalue weighted by Crippen LogP contribution is -2.37. The number of nitrogens with one attached hydrogen (secondary N) is 2. The Kier molecular flexibility index (Phi) is 14.2. The monoisotopic (exact) mass is 511 g/mol. The normalized spacial score (nSPS) is 11.0. The van der Waals surface area contributed by atoms with Crippen LogP contribution in [0.4, 0.5) is 0 Å². The van der Waals surface area contributed by atoms with Gasteiger partial charge in [-0.05, 0) is 36.5 Å². The number of benzene rings is 2. The fourth-order valence-electron chi connectivity index (χ4n) is 2.80. The van der Waals surface area contributed by atoms with E-state index < -0.39 is 0 Å². The van der Waals surface area contributed by atoms with Crippen molar-refractivity contribution in [3.05, 3.63) is 71.3 Å². The second kappa shape index (κ2) is 16.2. The lowest BCUT2D eigenvalue weighted by atomic mass is 10.1. The molecule has 2 N–H and O–H groups in total. The van der Waals surface area contributed by atoms with Crippen molar-refractivity contribution < 1.29 is 9.47 Å². The van der Waals surface area contributed by atoms with Crippen LogP contribution in [-0.4, -0.2) is 32.8 Å². The fourth-order valence-corrected chi connectivity index (χ4v) is 2.80. The van der Waals surface area contributed by atoms with E-state index in [4.69, 9.17) is 9.47 Å². The highest BCUT2D eigenvalue weighted by Gasteiger charge is 2.04. The molecule has 0 spiro atoms. The van der Waals surface area contributed by atoms with Gasteiger partial charge < -0.3 is 20.1 Å². The number of nitrogens with zero attached hydrogens (tertiary/aromatic N) is 1. The smallest absolute Gasteiger partial charge is 0.191 e. The molecule has 0 aliphatic rings. The first-order valence-electron chi connectivity index (χ1n) is 10.0. The Labute approximate surface area is 192 Å². The van der Waals surface area contributed by atoms with E-state index in [0.717, 1.165) is 38.6 Å². The molecule has 5 nitrogen and oxygen atoms in total. The minimum Gasteiger partial charge on any atom is -0.382 e. The molecule has 6 heteroatoms. The molecular weight excluding hydrogens is 477 g/mol. The van der Waals surface area contributed by atoms with Gasteiger partial charge in [-0.2, -0.15) is 0 Å². The molecule has 0 amide bonds. The largest absolute Gasteiger partial charge is 0.382 e. The maximum Gasteiger partial charge on any atom is 0.191 e. The molecule has 0 bridgehead atoms. The van der Waals surface area contributed by atoms with Gasteiger partial charge in [0.2, 0.25) is 0 Å². The van der Waals surface area contributed by atoms with E-state index in [0.29, 0.717) is 19.8 Å². The maximum absolute atomic E-state index is 5.91. The Morgan fingerprint density at radius 1 is 0.862 bits per heavy atom. The Balaban J connectivity index is 0.00000420. The second-order valence-corrected chi connectivity index (χ2v) is 6.50. The van der Waals surface area contributed by atoms with Crippen LogP contribution in [0.15, 0.2) is 59.6 Å². The number of hydrogen-bond acceptors (Lipinski definition) is 3. The third-order valence-corrected chi connectivity index (χ3v) is 4.37. The van der Waals surface area contributed by atoms with Gasteiger partial charge in [-0.25, -0.2) is 0 Å². The average molecular weight is 511 g/mol. The van der Waals surface area contributed by atoms with Gasteiger partial charge in [-0.3, -0.25) is 4.99 Å². The molecule has 0 aliphatic heterocycles. The average Bonchev–Trinajstić information content (AvgIpc) is 2.74. The summed E-state index contributed by atoms with van der Waals surface area (Å²) in [5.41, 5.74) is 3.60. The van der Waals surface area contributed by atoms with Crippen LogP contribution in [0.2, 0.25) is 0 Å². The predicted octanol–water partition coefficient (Wildman–Crippen LogP) is 4.50. The number of unbranched alkanes of at least 4 members (excludes halogenated alkanes) is 1. The second-order valence-electron chi connectivity index (χ2n) is 6.50. The van der Waals surface area contributed by atoms with Crippen LogP contribution in [0.1, 0.15) is 36.5 Å². The van der Waals surface area contributed by atoms with Crippen molar-refractivity contribution in [2.75, 3.05) is 26.8 Å². The molecule has 0 atom stereocenters. The van der Waals surface area contributed by atoms with Gasteiger partial charge in [0.25, 0.3) is 0 Å². The Morgan fingerprint density at radius 2 is 1.59 bits per heavy atom. The van der Waals surface area contributed by atoms with E-state index in [9.17, 15) is 0 Å². The summed E-state index contributed by atoms with van der Waals surface area (Å²) in [6.45, 7) is 6.43. The lowest BCUT2D eigenvalue weighted by Gasteiger charge is -2.14. The van der Waals surface area contributed by atoms with E-state index in [2.05, 4.69) is 52.0 Å². The van der Waals surface area contributed by atoms with Gasteiger partial charge in [-0.1, -0.05) is 54.6 Å². The molecule has 2 aromatic carbocycles. The molecule has 160 valence electrons. The minimum atomic E-state index is 0. The summed E-state index contributed by atoms with van der Waals surface area (Å²) in [6, 6.07) is 18.6. The summed E-state index contributed by atoms with van der Waals surface area (Å²) in [5, 5.41) is 6.74. The zero-order valence-corrected chi connectivity index (χ0v) is 19.9. The van der Waals surface area contributed by atoms with Gasteiger partial charge in [0.1, 0.15) is 0 Å². The van der Waals surface area contributed by atoms with Crippen molar-refractivity contribution in [3.63, 3.8) is 0 Å². The summed E-state index contributed by atoms with van der Waals surface area (Å²) >= 11 is 0. The molecule has 0 aliphatic carbocycles. The molecule has 0 radical (unpaired) electrons. The van der Waals surface area contributed by atoms with Crippen LogP contribution >= 0.6 is 24.0 Å². The Bertz CT molecular complexity index is 696. The molecule has 0 unspecified atom stereocenters. The van der Waals surface area contributed by atoms with Gasteiger partial charge >= 0.3 is 0 Å². The fraction of sp³-hybridized carbons (Fsp3) is 0.435. The van der Waals surface area contributed by atoms with E-state index in [1.807, 2.05) is 25.1 Å². The van der Waals surface area contributed by atoms with Gasteiger partial charge in [0, 0.05) is 33.4 Å². The third-order valence-electron chi connectivity index (χ3n) is 4.37. The molecule has 2 rings (SSSR count). The van der Waals surface area contributed by atoms with Crippen LogP contribution in [-0.2, 0) is 29.2 Å². The highest BCUT2D eigenvalue weighted by molar-refractivity contribution is 14.0. The number of hydrogen-bond donors (Lipinski definition) is 2. The predicted molar refractivity (Wildman–Crippen MR) is 131 cm³/mol. The highest BCUT2D eigenvalue weighted by atomic mass is 127. The minimum absolute atomic E-state index is 0. The molecule has 0 saturated heterocycles. The Hall–Kier alpha value is -1.64. The van der Waals surface area contributed by atoms with Gasteiger partial charge in [0.15, 0.2) is 5.96 Å². The number of guanidine groups is 1. The van der Waals surface area contributed by atoms with Crippen molar-refractivity contribution in [2.45, 2.75) is 39.5 Å². The molecular formula is C23H34IN3O2. The van der Waals surface area contributed by atoms with Crippen molar-refractivity contribution in [1.82, 2.24) is 10.6 Å². The zero-order chi connectivity index (χ0) is 19.9. The SMILES string of the molecule is CCOCCCCNC(=NC)NCc1ccccc1COCc1ccccc1.I. The molecule has 0 fully saturated rings. The van der Waals surface area contributed by atoms with Crippen LogP contribution in [0.5, 0.6) is 0 Å². The first-order valence-corrected chi connectivity index (χ1v) is 10.0. The Morgan fingerprint density at radius 3 is 2.31 bits per heavy atom. The van der Waals surface area contributed by atoms with Crippen LogP contribution < -0.4 is 10.6 Å². The van der Waals surface area contributed by atoms with E-state index in [1.165, 1.54) is 16.7 Å². The van der Waals surface area contributed by atoms with Crippen molar-refractivity contribution in [3.8, 4) is 0 Å². The standard InChI is InChI=1S/C23H33N3O2.HI/c1-3-27-16-10-9-15-25-23(24-2)26-17-21-13-7-8-14-22(21)19-28-18-20-11-5-4-6-12-20;/h4-8,11-14H,3,9-10,15-19H2,1-2H3,(H2,24,25,26);1H. The van der Waals surface area contributed by atoms with Gasteiger partial charge in [-0.15, -0.1) is 24.0 Å². The van der Waals surface area contributed by atoms with Crippen LogP contribution in [0.3, 0.4) is 0 Å². The maximum atomic E-state index is 5.91. The number of ether oxygens (including phenoxy) is 2. The summed E-state index contributed by atoms with van der Waals surface area (Å²) in [7, 11) is 1.80. The van der Waals surface area contributed by atoms with Crippen molar-refractivity contribution in [2.24, 2.45) is 4.99 Å². The van der Waals surface area contributed by atoms with E-state index in [1.54, 1.807) is 7.05 Å². The molecule has 2 aromatic rings. The molecule has 29 heavy (non-hydrogen) atoms. The third kappa shape index (κ3) is 10.6. The van der Waals surface area contributed by atoms with Crippen molar-refractivity contribution in [1.29, 1.82) is 0 Å². The molecule has 0 heterocycles. The van der Waals surface area contributed by atoms with E-state index in [-0.39, 0.29) is 24.0 Å². The summed E-state index contributed by atoms with van der Waals surface area (Å²) in [5.74, 6) is 0.816. The van der Waals surface area contributed by atoms with Gasteiger partial charge in [0.05, 0.1) is 13.2 Å². The lowest BCUT2D eigenvalue weighted by molar-refractivity contribution is 0.106. The van der Waals surface area contributed by atoms with Crippen LogP contribution in [0.25, 0.3) is 0 Å². The quantitative estimate of drug-likeness (QED) is 0.191. The van der Waals surface area contributed by atoms with Crippen molar-refractivity contribution >= 4 is 29.9 Å². The zero-order valence-electron chi connectivity index (χ0n) is 17.5. The summed E-state index contributed by atoms with van der Waals surface area (Å²) in [4.78, 5) is 4.30. The number of rotatable bonds is 12. The summed E-state index contributed by atoms with van der Waals surface area (Å²) in [6.07, 6.45) is 2.12. The first-order chi connectivity index (χ1) is 13.8. The van der Waals surface area contributed by atoms with E-state index >= 15 is 0 Å². The topological polar surface area (TPSA) is 54.9 Å². The molecule has 0 aromatic heterocycles. The van der Waals surface area contributed by atoms with Crippen LogP contribution in [0, 0.1) is 0 Å². The molecule has 0 saturated carbocycles.